The van der Waals surface area contributed by atoms with Crippen molar-refractivity contribution in [1.82, 2.24) is 5.32 Å². The summed E-state index contributed by atoms with van der Waals surface area (Å²) in [7, 11) is 0. The van der Waals surface area contributed by atoms with E-state index in [2.05, 4.69) is 26.1 Å². The zero-order valence-electron chi connectivity index (χ0n) is 11.3. The number of hydrogen-bond acceptors (Lipinski definition) is 1. The Hall–Kier alpha value is -0.0400. The van der Waals surface area contributed by atoms with Gasteiger partial charge in [-0.25, -0.2) is 0 Å². The van der Waals surface area contributed by atoms with E-state index in [-0.39, 0.29) is 0 Å². The van der Waals surface area contributed by atoms with Crippen molar-refractivity contribution in [1.29, 1.82) is 0 Å². The van der Waals surface area contributed by atoms with Crippen LogP contribution in [0.4, 0.5) is 0 Å². The first-order chi connectivity index (χ1) is 7.66. The third kappa shape index (κ3) is 3.48. The highest BCUT2D eigenvalue weighted by molar-refractivity contribution is 4.94. The van der Waals surface area contributed by atoms with E-state index in [0.717, 1.165) is 29.6 Å². The van der Waals surface area contributed by atoms with Crippen LogP contribution in [0, 0.1) is 29.6 Å². The van der Waals surface area contributed by atoms with E-state index in [1.54, 1.807) is 0 Å². The maximum atomic E-state index is 3.63. The average molecular weight is 223 g/mol. The fraction of sp³-hybridized carbons (Fsp3) is 1.00. The van der Waals surface area contributed by atoms with Crippen LogP contribution in [0.25, 0.3) is 0 Å². The molecule has 4 atom stereocenters. The van der Waals surface area contributed by atoms with Gasteiger partial charge in [0, 0.05) is 0 Å². The van der Waals surface area contributed by atoms with Crippen LogP contribution in [0.2, 0.25) is 0 Å². The zero-order valence-corrected chi connectivity index (χ0v) is 11.3. The van der Waals surface area contributed by atoms with Gasteiger partial charge in [-0.2, -0.15) is 0 Å². The minimum Gasteiger partial charge on any atom is -0.316 e. The van der Waals surface area contributed by atoms with Gasteiger partial charge in [0.15, 0.2) is 0 Å². The lowest BCUT2D eigenvalue weighted by Gasteiger charge is -2.27. The predicted molar refractivity (Wildman–Crippen MR) is 70.4 cm³/mol. The Morgan fingerprint density at radius 1 is 1.19 bits per heavy atom. The molecular formula is C15H29N. The Kier molecular flexibility index (Phi) is 4.29. The fourth-order valence-corrected chi connectivity index (χ4v) is 3.51. The van der Waals surface area contributed by atoms with Crippen molar-refractivity contribution in [2.24, 2.45) is 29.6 Å². The summed E-state index contributed by atoms with van der Waals surface area (Å²) in [5.41, 5.74) is 0. The van der Waals surface area contributed by atoms with Gasteiger partial charge >= 0.3 is 0 Å². The Balaban J connectivity index is 1.62. The summed E-state index contributed by atoms with van der Waals surface area (Å²) in [4.78, 5) is 0. The predicted octanol–water partition coefficient (Wildman–Crippen LogP) is 3.69. The largest absolute Gasteiger partial charge is 0.316 e. The van der Waals surface area contributed by atoms with Crippen LogP contribution in [0.3, 0.4) is 0 Å². The molecule has 94 valence electrons. The molecule has 0 aliphatic heterocycles. The molecule has 0 radical (unpaired) electrons. The quantitative estimate of drug-likeness (QED) is 0.749. The lowest BCUT2D eigenvalue weighted by Crippen LogP contribution is -2.23. The molecule has 2 rings (SSSR count). The molecule has 0 aromatic heterocycles. The first-order valence-corrected chi connectivity index (χ1v) is 7.37. The smallest absolute Gasteiger partial charge is 0.00175 e. The number of rotatable bonds is 5. The molecule has 2 saturated carbocycles. The van der Waals surface area contributed by atoms with E-state index < -0.39 is 0 Å². The SMILES string of the molecule is CC(C)CNCC1CC1C1CCCC(C)C1. The van der Waals surface area contributed by atoms with Crippen LogP contribution in [-0.4, -0.2) is 13.1 Å². The Labute approximate surface area is 101 Å². The van der Waals surface area contributed by atoms with E-state index in [4.69, 9.17) is 0 Å². The van der Waals surface area contributed by atoms with Gasteiger partial charge in [-0.05, 0) is 55.5 Å². The second-order valence-corrected chi connectivity index (χ2v) is 6.74. The standard InChI is InChI=1S/C15H29N/c1-11(2)9-16-10-14-8-15(14)13-6-4-5-12(3)7-13/h11-16H,4-10H2,1-3H3. The topological polar surface area (TPSA) is 12.0 Å². The molecule has 0 heterocycles. The molecule has 0 spiro atoms. The van der Waals surface area contributed by atoms with Gasteiger partial charge in [0.2, 0.25) is 0 Å². The highest BCUT2D eigenvalue weighted by Gasteiger charge is 2.43. The third-order valence-corrected chi connectivity index (χ3v) is 4.52. The molecule has 0 bridgehead atoms. The molecule has 0 saturated heterocycles. The molecule has 16 heavy (non-hydrogen) atoms. The van der Waals surface area contributed by atoms with Gasteiger partial charge in [-0.3, -0.25) is 0 Å². The molecule has 1 N–H and O–H groups in total. The Morgan fingerprint density at radius 3 is 2.69 bits per heavy atom. The Bertz CT molecular complexity index is 211. The second kappa shape index (κ2) is 5.53. The van der Waals surface area contributed by atoms with Gasteiger partial charge in [0.1, 0.15) is 0 Å². The molecule has 4 unspecified atom stereocenters. The molecule has 0 aromatic rings. The number of hydrogen-bond donors (Lipinski definition) is 1. The van der Waals surface area contributed by atoms with E-state index in [0.29, 0.717) is 0 Å². The number of nitrogens with one attached hydrogen (secondary N) is 1. The third-order valence-electron chi connectivity index (χ3n) is 4.52. The summed E-state index contributed by atoms with van der Waals surface area (Å²) >= 11 is 0. The van der Waals surface area contributed by atoms with Crippen molar-refractivity contribution in [3.05, 3.63) is 0 Å². The molecule has 0 aromatic carbocycles. The molecular weight excluding hydrogens is 194 g/mol. The monoisotopic (exact) mass is 223 g/mol. The summed E-state index contributed by atoms with van der Waals surface area (Å²) in [6.07, 6.45) is 7.54. The summed E-state index contributed by atoms with van der Waals surface area (Å²) in [5, 5.41) is 3.63. The normalized spacial score (nSPS) is 39.0. The zero-order chi connectivity index (χ0) is 11.5. The molecule has 2 aliphatic rings. The molecule has 0 amide bonds. The second-order valence-electron chi connectivity index (χ2n) is 6.74. The van der Waals surface area contributed by atoms with Gasteiger partial charge < -0.3 is 5.32 Å². The maximum absolute atomic E-state index is 3.63. The molecule has 2 aliphatic carbocycles. The van der Waals surface area contributed by atoms with Crippen molar-refractivity contribution in [3.8, 4) is 0 Å². The van der Waals surface area contributed by atoms with E-state index in [1.165, 1.54) is 45.2 Å². The Morgan fingerprint density at radius 2 is 2.00 bits per heavy atom. The first kappa shape index (κ1) is 12.4. The first-order valence-electron chi connectivity index (χ1n) is 7.37. The average Bonchev–Trinajstić information content (AvgIpc) is 2.97. The minimum atomic E-state index is 0.798. The van der Waals surface area contributed by atoms with Crippen molar-refractivity contribution < 1.29 is 0 Å². The van der Waals surface area contributed by atoms with Gasteiger partial charge in [0.05, 0.1) is 0 Å². The van der Waals surface area contributed by atoms with Crippen LogP contribution in [0.15, 0.2) is 0 Å². The van der Waals surface area contributed by atoms with Crippen molar-refractivity contribution in [2.45, 2.75) is 52.9 Å². The van der Waals surface area contributed by atoms with Crippen molar-refractivity contribution >= 4 is 0 Å². The van der Waals surface area contributed by atoms with Crippen LogP contribution in [0.1, 0.15) is 52.9 Å². The van der Waals surface area contributed by atoms with Crippen LogP contribution in [0.5, 0.6) is 0 Å². The van der Waals surface area contributed by atoms with Gasteiger partial charge in [-0.1, -0.05) is 40.0 Å². The molecule has 1 heteroatoms. The minimum absolute atomic E-state index is 0.798. The summed E-state index contributed by atoms with van der Waals surface area (Å²) in [5.74, 6) is 4.99. The highest BCUT2D eigenvalue weighted by atomic mass is 14.9. The van der Waals surface area contributed by atoms with E-state index >= 15 is 0 Å². The van der Waals surface area contributed by atoms with Crippen LogP contribution >= 0.6 is 0 Å². The van der Waals surface area contributed by atoms with E-state index in [1.807, 2.05) is 0 Å². The molecule has 2 fully saturated rings. The summed E-state index contributed by atoms with van der Waals surface area (Å²) in [6, 6.07) is 0. The summed E-state index contributed by atoms with van der Waals surface area (Å²) in [6.45, 7) is 9.51. The summed E-state index contributed by atoms with van der Waals surface area (Å²) < 4.78 is 0. The van der Waals surface area contributed by atoms with Gasteiger partial charge in [-0.15, -0.1) is 0 Å². The van der Waals surface area contributed by atoms with E-state index in [9.17, 15) is 0 Å². The lowest BCUT2D eigenvalue weighted by atomic mass is 9.79. The van der Waals surface area contributed by atoms with Crippen molar-refractivity contribution in [2.75, 3.05) is 13.1 Å². The van der Waals surface area contributed by atoms with Crippen molar-refractivity contribution in [3.63, 3.8) is 0 Å². The van der Waals surface area contributed by atoms with Crippen LogP contribution in [-0.2, 0) is 0 Å². The maximum Gasteiger partial charge on any atom is -0.00175 e. The lowest BCUT2D eigenvalue weighted by molar-refractivity contribution is 0.248. The fourth-order valence-electron chi connectivity index (χ4n) is 3.51. The van der Waals surface area contributed by atoms with Gasteiger partial charge in [0.25, 0.3) is 0 Å². The van der Waals surface area contributed by atoms with Crippen LogP contribution < -0.4 is 5.32 Å². The molecule has 1 nitrogen and oxygen atoms in total. The highest BCUT2D eigenvalue weighted by Crippen LogP contribution is 2.49.